The van der Waals surface area contributed by atoms with Crippen molar-refractivity contribution in [3.05, 3.63) is 29.3 Å². The fraction of sp³-hybridized carbons (Fsp3) is 0.462. The minimum absolute atomic E-state index is 0.104. The monoisotopic (exact) mass is 282 g/mol. The van der Waals surface area contributed by atoms with Crippen LogP contribution in [0.25, 0.3) is 0 Å². The number of carbonyl (C=O) groups excluding carboxylic acids is 1. The van der Waals surface area contributed by atoms with Crippen molar-refractivity contribution in [2.45, 2.75) is 26.2 Å². The number of nitrogens with one attached hydrogen (secondary N) is 2. The van der Waals surface area contributed by atoms with Gasteiger partial charge in [-0.25, -0.2) is 8.42 Å². The van der Waals surface area contributed by atoms with E-state index in [1.165, 1.54) is 0 Å². The van der Waals surface area contributed by atoms with Crippen LogP contribution >= 0.6 is 0 Å². The van der Waals surface area contributed by atoms with Crippen LogP contribution in [-0.2, 0) is 16.4 Å². The van der Waals surface area contributed by atoms with E-state index in [4.69, 9.17) is 0 Å². The lowest BCUT2D eigenvalue weighted by Gasteiger charge is -2.17. The van der Waals surface area contributed by atoms with Crippen LogP contribution in [0.5, 0.6) is 0 Å². The maximum Gasteiger partial charge on any atom is 0.251 e. The van der Waals surface area contributed by atoms with Gasteiger partial charge < -0.3 is 5.32 Å². The molecule has 2 rings (SSSR count). The molecule has 0 aromatic heterocycles. The van der Waals surface area contributed by atoms with Crippen molar-refractivity contribution in [3.8, 4) is 0 Å². The summed E-state index contributed by atoms with van der Waals surface area (Å²) in [5, 5.41) is 2.75. The highest BCUT2D eigenvalue weighted by molar-refractivity contribution is 7.92. The molecule has 0 spiro atoms. The number of benzene rings is 1. The zero-order valence-electron chi connectivity index (χ0n) is 10.9. The van der Waals surface area contributed by atoms with Crippen molar-refractivity contribution < 1.29 is 13.2 Å². The zero-order chi connectivity index (χ0) is 13.9. The maximum atomic E-state index is 11.8. The van der Waals surface area contributed by atoms with Gasteiger partial charge in [-0.1, -0.05) is 19.4 Å². The third-order valence-electron chi connectivity index (χ3n) is 3.07. The van der Waals surface area contributed by atoms with E-state index in [1.54, 1.807) is 12.1 Å². The molecule has 5 nitrogen and oxygen atoms in total. The van der Waals surface area contributed by atoms with Gasteiger partial charge in [-0.2, -0.15) is 0 Å². The molecule has 0 saturated carbocycles. The van der Waals surface area contributed by atoms with Gasteiger partial charge in [-0.3, -0.25) is 9.52 Å². The molecule has 2 N–H and O–H groups in total. The lowest BCUT2D eigenvalue weighted by molar-refractivity contribution is 0.0946. The summed E-state index contributed by atoms with van der Waals surface area (Å²) in [6.07, 6.45) is 2.23. The Morgan fingerprint density at radius 3 is 2.89 bits per heavy atom. The summed E-state index contributed by atoms with van der Waals surface area (Å²) in [5.74, 6) is -0.0388. The minimum atomic E-state index is -3.32. The highest BCUT2D eigenvalue weighted by Crippen LogP contribution is 2.20. The van der Waals surface area contributed by atoms with Crippen molar-refractivity contribution >= 4 is 21.6 Å². The fourth-order valence-electron chi connectivity index (χ4n) is 2.04. The van der Waals surface area contributed by atoms with Crippen LogP contribution < -0.4 is 10.0 Å². The van der Waals surface area contributed by atoms with Gasteiger partial charge in [0.05, 0.1) is 5.75 Å². The smallest absolute Gasteiger partial charge is 0.251 e. The summed E-state index contributed by atoms with van der Waals surface area (Å²) < 4.78 is 26.1. The number of hydrogen-bond donors (Lipinski definition) is 2. The number of amides is 1. The molecule has 0 unspecified atom stereocenters. The molecular formula is C13H18N2O3S. The summed E-state index contributed by atoms with van der Waals surface area (Å²) in [7, 11) is -3.32. The van der Waals surface area contributed by atoms with Crippen LogP contribution in [0.1, 0.15) is 35.7 Å². The zero-order valence-corrected chi connectivity index (χ0v) is 11.7. The predicted octanol–water partition coefficient (Wildman–Crippen LogP) is 1.51. The predicted molar refractivity (Wildman–Crippen MR) is 74.8 cm³/mol. The van der Waals surface area contributed by atoms with Crippen LogP contribution in [0.4, 0.5) is 5.69 Å². The van der Waals surface area contributed by atoms with Gasteiger partial charge in [0.2, 0.25) is 10.0 Å². The Morgan fingerprint density at radius 2 is 2.16 bits per heavy atom. The van der Waals surface area contributed by atoms with Gasteiger partial charge in [0.15, 0.2) is 0 Å². The molecule has 0 radical (unpaired) electrons. The summed E-state index contributed by atoms with van der Waals surface area (Å²) in [6.45, 7) is 2.58. The molecule has 1 heterocycles. The molecule has 0 saturated heterocycles. The van der Waals surface area contributed by atoms with E-state index in [9.17, 15) is 13.2 Å². The molecule has 1 amide bonds. The molecule has 0 atom stereocenters. The number of rotatable bonds is 5. The molecule has 1 aromatic carbocycles. The van der Waals surface area contributed by atoms with Crippen molar-refractivity contribution in [1.29, 1.82) is 0 Å². The average Bonchev–Trinajstić information content (AvgIpc) is 2.37. The second-order valence-corrected chi connectivity index (χ2v) is 6.49. The van der Waals surface area contributed by atoms with E-state index in [0.29, 0.717) is 24.2 Å². The lowest BCUT2D eigenvalue weighted by Crippen LogP contribution is -2.31. The maximum absolute atomic E-state index is 11.8. The molecule has 0 bridgehead atoms. The van der Waals surface area contributed by atoms with Gasteiger partial charge in [0.1, 0.15) is 0 Å². The van der Waals surface area contributed by atoms with Crippen molar-refractivity contribution in [3.63, 3.8) is 0 Å². The first-order chi connectivity index (χ1) is 9.02. The molecule has 0 fully saturated rings. The van der Waals surface area contributed by atoms with Crippen molar-refractivity contribution in [2.24, 2.45) is 0 Å². The van der Waals surface area contributed by atoms with Gasteiger partial charge >= 0.3 is 0 Å². The van der Waals surface area contributed by atoms with Crippen molar-refractivity contribution in [1.82, 2.24) is 5.32 Å². The highest BCUT2D eigenvalue weighted by Gasteiger charge is 2.18. The van der Waals surface area contributed by atoms with E-state index in [-0.39, 0.29) is 11.7 Å². The standard InChI is InChI=1S/C13H18N2O3S/c1-2-3-8-19(17,18)15-11-5-4-10-6-7-14-13(16)12(10)9-11/h4-5,9,15H,2-3,6-8H2,1H3,(H,14,16). The first kappa shape index (κ1) is 13.9. The highest BCUT2D eigenvalue weighted by atomic mass is 32.2. The van der Waals surface area contributed by atoms with Crippen LogP contribution in [0, 0.1) is 0 Å². The van der Waals surface area contributed by atoms with E-state index in [2.05, 4.69) is 10.0 Å². The fourth-order valence-corrected chi connectivity index (χ4v) is 3.30. The van der Waals surface area contributed by atoms with Crippen LogP contribution in [-0.4, -0.2) is 26.6 Å². The Balaban J connectivity index is 2.18. The van der Waals surface area contributed by atoms with Crippen LogP contribution in [0.3, 0.4) is 0 Å². The molecule has 19 heavy (non-hydrogen) atoms. The first-order valence-electron chi connectivity index (χ1n) is 6.43. The van der Waals surface area contributed by atoms with Gasteiger partial charge in [-0.15, -0.1) is 0 Å². The van der Waals surface area contributed by atoms with Gasteiger partial charge in [0.25, 0.3) is 5.91 Å². The van der Waals surface area contributed by atoms with Gasteiger partial charge in [0, 0.05) is 17.8 Å². The summed E-state index contributed by atoms with van der Waals surface area (Å²) in [6, 6.07) is 5.12. The number of carbonyl (C=O) groups is 1. The molecule has 1 aliphatic rings. The summed E-state index contributed by atoms with van der Waals surface area (Å²) in [5.41, 5.74) is 1.97. The normalized spacial score (nSPS) is 14.7. The number of anilines is 1. The molecule has 104 valence electrons. The average molecular weight is 282 g/mol. The largest absolute Gasteiger partial charge is 0.352 e. The summed E-state index contributed by atoms with van der Waals surface area (Å²) >= 11 is 0. The first-order valence-corrected chi connectivity index (χ1v) is 8.08. The third kappa shape index (κ3) is 3.47. The number of unbranched alkanes of at least 4 members (excludes halogenated alkanes) is 1. The Kier molecular flexibility index (Phi) is 4.09. The Bertz CT molecular complexity index is 582. The topological polar surface area (TPSA) is 75.3 Å². The Morgan fingerprint density at radius 1 is 1.37 bits per heavy atom. The molecule has 1 aliphatic heterocycles. The SMILES string of the molecule is CCCCS(=O)(=O)Nc1ccc2c(c1)C(=O)NCC2. The Hall–Kier alpha value is -1.56. The van der Waals surface area contributed by atoms with Crippen LogP contribution in [0.2, 0.25) is 0 Å². The molecule has 1 aromatic rings. The lowest BCUT2D eigenvalue weighted by atomic mass is 10.00. The quantitative estimate of drug-likeness (QED) is 0.859. The van der Waals surface area contributed by atoms with Crippen molar-refractivity contribution in [2.75, 3.05) is 17.0 Å². The molecule has 6 heteroatoms. The van der Waals surface area contributed by atoms with E-state index < -0.39 is 10.0 Å². The second-order valence-electron chi connectivity index (χ2n) is 4.65. The number of hydrogen-bond acceptors (Lipinski definition) is 3. The summed E-state index contributed by atoms with van der Waals surface area (Å²) in [4.78, 5) is 11.7. The third-order valence-corrected chi connectivity index (χ3v) is 4.45. The Labute approximate surface area is 113 Å². The van der Waals surface area contributed by atoms with Crippen LogP contribution in [0.15, 0.2) is 18.2 Å². The number of sulfonamides is 1. The van der Waals surface area contributed by atoms with Gasteiger partial charge in [-0.05, 0) is 30.5 Å². The van der Waals surface area contributed by atoms with E-state index >= 15 is 0 Å². The molecule has 0 aliphatic carbocycles. The van der Waals surface area contributed by atoms with E-state index in [0.717, 1.165) is 18.4 Å². The number of fused-ring (bicyclic) bond motifs is 1. The van der Waals surface area contributed by atoms with E-state index in [1.807, 2.05) is 13.0 Å². The molecular weight excluding hydrogens is 264 g/mol. The minimum Gasteiger partial charge on any atom is -0.352 e. The second kappa shape index (κ2) is 5.61.